The first-order valence-corrected chi connectivity index (χ1v) is 9.64. The van der Waals surface area contributed by atoms with E-state index in [0.29, 0.717) is 37.4 Å². The summed E-state index contributed by atoms with van der Waals surface area (Å²) in [5, 5.41) is 2.82. The summed E-state index contributed by atoms with van der Waals surface area (Å²) in [7, 11) is 1.82. The van der Waals surface area contributed by atoms with Crippen molar-refractivity contribution in [3.8, 4) is 0 Å². The van der Waals surface area contributed by atoms with Crippen LogP contribution in [0, 0.1) is 0 Å². The molecular formula is C20H33N4O3+. The van der Waals surface area contributed by atoms with E-state index in [1.54, 1.807) is 34.1 Å². The number of anilines is 1. The van der Waals surface area contributed by atoms with Crippen molar-refractivity contribution in [2.24, 2.45) is 0 Å². The van der Waals surface area contributed by atoms with Gasteiger partial charge in [0.1, 0.15) is 0 Å². The van der Waals surface area contributed by atoms with Crippen molar-refractivity contribution < 1.29 is 19.3 Å². The maximum absolute atomic E-state index is 12.4. The Kier molecular flexibility index (Phi) is 9.50. The zero-order chi connectivity index (χ0) is 20.4. The molecule has 0 radical (unpaired) electrons. The Bertz CT molecular complexity index is 640. The van der Waals surface area contributed by atoms with Crippen LogP contribution >= 0.6 is 0 Å². The molecule has 150 valence electrons. The second kappa shape index (κ2) is 11.3. The normalized spacial score (nSPS) is 11.6. The number of carbonyl (C=O) groups is 3. The molecule has 0 aromatic heterocycles. The number of likely N-dealkylation sites (N-methyl/N-ethyl adjacent to an activating group) is 2. The Labute approximate surface area is 162 Å². The maximum atomic E-state index is 12.4. The van der Waals surface area contributed by atoms with E-state index in [0.717, 1.165) is 4.90 Å². The van der Waals surface area contributed by atoms with Crippen LogP contribution in [0.3, 0.4) is 0 Å². The number of hydrogen-bond acceptors (Lipinski definition) is 3. The highest BCUT2D eigenvalue weighted by Crippen LogP contribution is 2.12. The lowest BCUT2D eigenvalue weighted by atomic mass is 10.1. The van der Waals surface area contributed by atoms with Crippen molar-refractivity contribution in [3.05, 3.63) is 29.8 Å². The lowest BCUT2D eigenvalue weighted by molar-refractivity contribution is -0.862. The molecule has 0 aliphatic heterocycles. The maximum Gasteiger partial charge on any atom is 0.279 e. The molecular weight excluding hydrogens is 344 g/mol. The van der Waals surface area contributed by atoms with Gasteiger partial charge in [0.15, 0.2) is 13.1 Å². The number of quaternary nitrogens is 1. The molecule has 0 aliphatic rings. The molecule has 1 rings (SSSR count). The first-order chi connectivity index (χ1) is 12.9. The molecule has 1 unspecified atom stereocenters. The van der Waals surface area contributed by atoms with Crippen LogP contribution in [-0.4, -0.2) is 73.8 Å². The minimum absolute atomic E-state index is 0.0390. The molecule has 7 heteroatoms. The Balaban J connectivity index is 2.66. The van der Waals surface area contributed by atoms with Gasteiger partial charge in [0.25, 0.3) is 17.7 Å². The summed E-state index contributed by atoms with van der Waals surface area (Å²) in [5.74, 6) is -0.201. The summed E-state index contributed by atoms with van der Waals surface area (Å²) in [4.78, 5) is 41.2. The highest BCUT2D eigenvalue weighted by molar-refractivity contribution is 5.97. The third-order valence-electron chi connectivity index (χ3n) is 4.48. The first-order valence-electron chi connectivity index (χ1n) is 9.64. The summed E-state index contributed by atoms with van der Waals surface area (Å²) in [5.41, 5.74) is 1.13. The highest BCUT2D eigenvalue weighted by atomic mass is 16.2. The van der Waals surface area contributed by atoms with Gasteiger partial charge in [-0.15, -0.1) is 0 Å². The monoisotopic (exact) mass is 377 g/mol. The molecule has 1 aromatic rings. The van der Waals surface area contributed by atoms with Crippen LogP contribution in [0.4, 0.5) is 5.69 Å². The third kappa shape index (κ3) is 7.02. The van der Waals surface area contributed by atoms with Crippen molar-refractivity contribution in [1.29, 1.82) is 0 Å². The lowest BCUT2D eigenvalue weighted by Crippen LogP contribution is -3.11. The van der Waals surface area contributed by atoms with Gasteiger partial charge < -0.3 is 20.0 Å². The topological polar surface area (TPSA) is 74.2 Å². The van der Waals surface area contributed by atoms with Crippen LogP contribution in [0.5, 0.6) is 0 Å². The van der Waals surface area contributed by atoms with Gasteiger partial charge in [-0.3, -0.25) is 14.4 Å². The van der Waals surface area contributed by atoms with Crippen LogP contribution < -0.4 is 10.2 Å². The van der Waals surface area contributed by atoms with Crippen molar-refractivity contribution in [2.75, 3.05) is 51.6 Å². The van der Waals surface area contributed by atoms with E-state index in [1.807, 2.05) is 34.7 Å². The fraction of sp³-hybridized carbons (Fsp3) is 0.550. The van der Waals surface area contributed by atoms with Crippen molar-refractivity contribution >= 4 is 23.4 Å². The highest BCUT2D eigenvalue weighted by Gasteiger charge is 2.18. The summed E-state index contributed by atoms with van der Waals surface area (Å²) in [6.45, 7) is 10.8. The average molecular weight is 378 g/mol. The molecule has 0 saturated carbocycles. The van der Waals surface area contributed by atoms with E-state index in [-0.39, 0.29) is 30.8 Å². The number of amides is 3. The van der Waals surface area contributed by atoms with Gasteiger partial charge in [-0.25, -0.2) is 0 Å². The van der Waals surface area contributed by atoms with E-state index in [4.69, 9.17) is 0 Å². The second-order valence-electron chi connectivity index (χ2n) is 6.48. The Hall–Kier alpha value is -2.41. The van der Waals surface area contributed by atoms with E-state index in [2.05, 4.69) is 5.32 Å². The molecule has 0 heterocycles. The van der Waals surface area contributed by atoms with Crippen LogP contribution in [0.2, 0.25) is 0 Å². The van der Waals surface area contributed by atoms with Gasteiger partial charge in [-0.1, -0.05) is 6.07 Å². The van der Waals surface area contributed by atoms with Crippen LogP contribution in [0.15, 0.2) is 24.3 Å². The standard InChI is InChI=1S/C20H32N4O3/c1-6-23(7-2)19(26)15-22(5)14-18(25)21-17-12-10-11-16(13-17)20(27)24(8-3)9-4/h10-13H,6-9,14-15H2,1-5H3,(H,21,25)/p+1. The molecule has 7 nitrogen and oxygen atoms in total. The zero-order valence-electron chi connectivity index (χ0n) is 17.2. The molecule has 1 atom stereocenters. The number of hydrogen-bond donors (Lipinski definition) is 2. The zero-order valence-corrected chi connectivity index (χ0v) is 17.2. The van der Waals surface area contributed by atoms with Crippen molar-refractivity contribution in [2.45, 2.75) is 27.7 Å². The van der Waals surface area contributed by atoms with E-state index in [1.165, 1.54) is 0 Å². The Morgan fingerprint density at radius 3 is 2.07 bits per heavy atom. The minimum Gasteiger partial charge on any atom is -0.339 e. The number of carbonyl (C=O) groups excluding carboxylic acids is 3. The van der Waals surface area contributed by atoms with Crippen LogP contribution in [0.1, 0.15) is 38.1 Å². The second-order valence-corrected chi connectivity index (χ2v) is 6.48. The van der Waals surface area contributed by atoms with Crippen LogP contribution in [-0.2, 0) is 9.59 Å². The Morgan fingerprint density at radius 2 is 1.52 bits per heavy atom. The average Bonchev–Trinajstić information content (AvgIpc) is 2.63. The van der Waals surface area contributed by atoms with Gasteiger partial charge >= 0.3 is 0 Å². The minimum atomic E-state index is -0.188. The fourth-order valence-electron chi connectivity index (χ4n) is 2.91. The number of benzene rings is 1. The molecule has 0 fully saturated rings. The lowest BCUT2D eigenvalue weighted by Gasteiger charge is -2.21. The predicted octanol–water partition coefficient (Wildman–Crippen LogP) is 0.490. The predicted molar refractivity (Wildman–Crippen MR) is 107 cm³/mol. The SMILES string of the molecule is CCN(CC)C(=O)C[NH+](C)CC(=O)Nc1cccc(C(=O)N(CC)CC)c1. The summed E-state index contributed by atoms with van der Waals surface area (Å²) in [6, 6.07) is 6.95. The number of nitrogens with one attached hydrogen (secondary N) is 2. The van der Waals surface area contributed by atoms with E-state index in [9.17, 15) is 14.4 Å². The van der Waals surface area contributed by atoms with Gasteiger partial charge in [0, 0.05) is 37.4 Å². The number of rotatable bonds is 10. The summed E-state index contributed by atoms with van der Waals surface area (Å²) >= 11 is 0. The number of nitrogens with zero attached hydrogens (tertiary/aromatic N) is 2. The summed E-state index contributed by atoms with van der Waals surface area (Å²) < 4.78 is 0. The van der Waals surface area contributed by atoms with Crippen LogP contribution in [0.25, 0.3) is 0 Å². The molecule has 0 spiro atoms. The van der Waals surface area contributed by atoms with Gasteiger partial charge in [-0.05, 0) is 45.9 Å². The van der Waals surface area contributed by atoms with Crippen molar-refractivity contribution in [3.63, 3.8) is 0 Å². The molecule has 0 saturated heterocycles. The van der Waals surface area contributed by atoms with Gasteiger partial charge in [-0.2, -0.15) is 0 Å². The van der Waals surface area contributed by atoms with Gasteiger partial charge in [0.2, 0.25) is 0 Å². The molecule has 1 aromatic carbocycles. The van der Waals surface area contributed by atoms with E-state index >= 15 is 0 Å². The molecule has 3 amide bonds. The molecule has 27 heavy (non-hydrogen) atoms. The Morgan fingerprint density at radius 1 is 0.926 bits per heavy atom. The third-order valence-corrected chi connectivity index (χ3v) is 4.48. The smallest absolute Gasteiger partial charge is 0.279 e. The van der Waals surface area contributed by atoms with Gasteiger partial charge in [0.05, 0.1) is 7.05 Å². The quantitative estimate of drug-likeness (QED) is 0.623. The molecule has 0 aliphatic carbocycles. The molecule has 0 bridgehead atoms. The largest absolute Gasteiger partial charge is 0.339 e. The van der Waals surface area contributed by atoms with E-state index < -0.39 is 0 Å². The molecule has 2 N–H and O–H groups in total. The van der Waals surface area contributed by atoms with Crippen molar-refractivity contribution in [1.82, 2.24) is 9.80 Å². The fourth-order valence-corrected chi connectivity index (χ4v) is 2.91. The first kappa shape index (κ1) is 22.6. The summed E-state index contributed by atoms with van der Waals surface area (Å²) in [6.07, 6.45) is 0.